The molecule has 2 aromatic heterocycles. The van der Waals surface area contributed by atoms with Crippen LogP contribution < -0.4 is 0 Å². The van der Waals surface area contributed by atoms with E-state index in [9.17, 15) is 0 Å². The van der Waals surface area contributed by atoms with Gasteiger partial charge in [0, 0.05) is 11.1 Å². The molecule has 2 heterocycles. The number of aliphatic hydroxyl groups is 1. The molecular weight excluding hydrogens is 206 g/mol. The average Bonchev–Trinajstić information content (AvgIpc) is 2.77. The van der Waals surface area contributed by atoms with E-state index in [-0.39, 0.29) is 6.61 Å². The van der Waals surface area contributed by atoms with Crippen LogP contribution in [0.1, 0.15) is 32.6 Å². The zero-order chi connectivity index (χ0) is 11.7. The smallest absolute Gasteiger partial charge is 0.0813 e. The van der Waals surface area contributed by atoms with Crippen LogP contribution in [0.4, 0.5) is 0 Å². The predicted octanol–water partition coefficient (Wildman–Crippen LogP) is 3.84. The van der Waals surface area contributed by atoms with Crippen molar-refractivity contribution in [1.29, 1.82) is 0 Å². The number of aromatic nitrogens is 1. The van der Waals surface area contributed by atoms with Gasteiger partial charge in [-0.3, -0.25) is 4.98 Å². The normalized spacial score (nSPS) is 8.60. The van der Waals surface area contributed by atoms with Crippen LogP contribution in [0, 0.1) is 0 Å². The molecule has 0 radical (unpaired) electrons. The molecule has 0 fully saturated rings. The van der Waals surface area contributed by atoms with E-state index in [1.165, 1.54) is 0 Å². The molecule has 3 heteroatoms. The summed E-state index contributed by atoms with van der Waals surface area (Å²) in [6.07, 6.45) is 1.76. The molecule has 0 aliphatic carbocycles. The predicted molar refractivity (Wildman–Crippen MR) is 68.2 cm³/mol. The fourth-order valence-electron chi connectivity index (χ4n) is 0.999. The summed E-state index contributed by atoms with van der Waals surface area (Å²) < 4.78 is 1.14. The molecule has 0 saturated heterocycles. The van der Waals surface area contributed by atoms with Crippen LogP contribution in [0.15, 0.2) is 24.4 Å². The molecule has 15 heavy (non-hydrogen) atoms. The van der Waals surface area contributed by atoms with Gasteiger partial charge in [0.2, 0.25) is 0 Å². The molecule has 2 aromatic rings. The maximum atomic E-state index is 8.82. The van der Waals surface area contributed by atoms with Gasteiger partial charge in [0.25, 0.3) is 0 Å². The molecule has 0 bridgehead atoms. The summed E-state index contributed by atoms with van der Waals surface area (Å²) in [7, 11) is 0. The van der Waals surface area contributed by atoms with Gasteiger partial charge < -0.3 is 5.11 Å². The lowest BCUT2D eigenvalue weighted by Gasteiger charge is -1.81. The minimum atomic E-state index is 0.112. The maximum absolute atomic E-state index is 8.82. The largest absolute Gasteiger partial charge is 0.391 e. The van der Waals surface area contributed by atoms with E-state index in [1.807, 2.05) is 45.9 Å². The summed E-state index contributed by atoms with van der Waals surface area (Å²) in [6, 6.07) is 5.83. The van der Waals surface area contributed by atoms with Gasteiger partial charge >= 0.3 is 0 Å². The van der Waals surface area contributed by atoms with Gasteiger partial charge in [-0.1, -0.05) is 27.7 Å². The molecule has 0 saturated carbocycles. The Balaban J connectivity index is 0.000000442. The van der Waals surface area contributed by atoms with E-state index in [0.717, 1.165) is 15.1 Å². The molecule has 0 aromatic carbocycles. The summed E-state index contributed by atoms with van der Waals surface area (Å²) in [5, 5.41) is 8.82. The highest BCUT2D eigenvalue weighted by atomic mass is 32.1. The molecule has 84 valence electrons. The number of hydrogen-bond acceptors (Lipinski definition) is 3. The topological polar surface area (TPSA) is 33.1 Å². The Bertz CT molecular complexity index is 337. The fourth-order valence-corrected chi connectivity index (χ4v) is 1.88. The molecule has 0 aliphatic rings. The van der Waals surface area contributed by atoms with Crippen molar-refractivity contribution < 1.29 is 5.11 Å². The second-order valence-corrected chi connectivity index (χ2v) is 3.43. The third-order valence-electron chi connectivity index (χ3n) is 1.49. The lowest BCUT2D eigenvalue weighted by molar-refractivity contribution is 0.285. The van der Waals surface area contributed by atoms with Crippen molar-refractivity contribution in [2.24, 2.45) is 0 Å². The van der Waals surface area contributed by atoms with Gasteiger partial charge in [-0.15, -0.1) is 11.3 Å². The van der Waals surface area contributed by atoms with Crippen molar-refractivity contribution in [3.63, 3.8) is 0 Å². The van der Waals surface area contributed by atoms with Crippen molar-refractivity contribution >= 4 is 21.6 Å². The lowest BCUT2D eigenvalue weighted by atomic mass is 10.4. The Morgan fingerprint density at radius 3 is 2.47 bits per heavy atom. The monoisotopic (exact) mass is 225 g/mol. The van der Waals surface area contributed by atoms with Crippen molar-refractivity contribution in [3.05, 3.63) is 29.3 Å². The summed E-state index contributed by atoms with van der Waals surface area (Å²) in [5.74, 6) is 0. The Morgan fingerprint density at radius 2 is 1.93 bits per heavy atom. The first-order chi connectivity index (χ1) is 7.40. The first-order valence-corrected chi connectivity index (χ1v) is 6.16. The Labute approximate surface area is 95.6 Å². The summed E-state index contributed by atoms with van der Waals surface area (Å²) in [6.45, 7) is 8.11. The zero-order valence-corrected chi connectivity index (χ0v) is 10.6. The standard InChI is InChI=1S/C8H7NOS.2C2H6/c10-5-6-4-7-8(11-6)2-1-3-9-7;2*1-2/h1-4,10H,5H2;2*1-2H3. The Hall–Kier alpha value is -0.930. The van der Waals surface area contributed by atoms with Crippen LogP contribution in [-0.4, -0.2) is 10.1 Å². The maximum Gasteiger partial charge on any atom is 0.0813 e. The van der Waals surface area contributed by atoms with Crippen molar-refractivity contribution in [2.45, 2.75) is 34.3 Å². The summed E-state index contributed by atoms with van der Waals surface area (Å²) in [4.78, 5) is 5.12. The highest BCUT2D eigenvalue weighted by Gasteiger charge is 1.98. The molecule has 0 spiro atoms. The van der Waals surface area contributed by atoms with Crippen LogP contribution in [0.3, 0.4) is 0 Å². The highest BCUT2D eigenvalue weighted by Crippen LogP contribution is 2.22. The minimum absolute atomic E-state index is 0.112. The van der Waals surface area contributed by atoms with Crippen LogP contribution in [-0.2, 0) is 6.61 Å². The number of rotatable bonds is 1. The van der Waals surface area contributed by atoms with Gasteiger partial charge in [0.15, 0.2) is 0 Å². The van der Waals surface area contributed by atoms with Crippen LogP contribution >= 0.6 is 11.3 Å². The van der Waals surface area contributed by atoms with Gasteiger partial charge in [-0.2, -0.15) is 0 Å². The van der Waals surface area contributed by atoms with Crippen molar-refractivity contribution in [3.8, 4) is 0 Å². The molecule has 2 rings (SSSR count). The number of hydrogen-bond donors (Lipinski definition) is 1. The molecule has 0 amide bonds. The van der Waals surface area contributed by atoms with E-state index >= 15 is 0 Å². The lowest BCUT2D eigenvalue weighted by Crippen LogP contribution is -1.71. The van der Waals surface area contributed by atoms with E-state index in [0.29, 0.717) is 0 Å². The van der Waals surface area contributed by atoms with Crippen molar-refractivity contribution in [1.82, 2.24) is 4.98 Å². The second-order valence-electron chi connectivity index (χ2n) is 2.26. The van der Waals surface area contributed by atoms with Gasteiger partial charge in [-0.05, 0) is 18.2 Å². The molecule has 0 unspecified atom stereocenters. The van der Waals surface area contributed by atoms with E-state index in [4.69, 9.17) is 5.11 Å². The molecule has 1 N–H and O–H groups in total. The number of thiophene rings is 1. The van der Waals surface area contributed by atoms with E-state index < -0.39 is 0 Å². The number of aliphatic hydroxyl groups excluding tert-OH is 1. The number of pyridine rings is 1. The first-order valence-electron chi connectivity index (χ1n) is 5.34. The van der Waals surface area contributed by atoms with Gasteiger partial charge in [0.05, 0.1) is 16.8 Å². The fraction of sp³-hybridized carbons (Fsp3) is 0.417. The quantitative estimate of drug-likeness (QED) is 0.800. The third kappa shape index (κ3) is 3.98. The number of nitrogens with zero attached hydrogens (tertiary/aromatic N) is 1. The molecular formula is C12H19NOS. The van der Waals surface area contributed by atoms with Gasteiger partial charge in [-0.25, -0.2) is 0 Å². The highest BCUT2D eigenvalue weighted by molar-refractivity contribution is 7.18. The zero-order valence-electron chi connectivity index (χ0n) is 9.82. The van der Waals surface area contributed by atoms with Crippen LogP contribution in [0.2, 0.25) is 0 Å². The average molecular weight is 225 g/mol. The Morgan fingerprint density at radius 1 is 1.27 bits per heavy atom. The van der Waals surface area contributed by atoms with Crippen LogP contribution in [0.5, 0.6) is 0 Å². The molecule has 0 atom stereocenters. The van der Waals surface area contributed by atoms with E-state index in [2.05, 4.69) is 4.98 Å². The second kappa shape index (κ2) is 8.38. The van der Waals surface area contributed by atoms with E-state index in [1.54, 1.807) is 17.5 Å². The van der Waals surface area contributed by atoms with Gasteiger partial charge in [0.1, 0.15) is 0 Å². The van der Waals surface area contributed by atoms with Crippen molar-refractivity contribution in [2.75, 3.05) is 0 Å². The SMILES string of the molecule is CC.CC.OCc1cc2ncccc2s1. The molecule has 2 nitrogen and oxygen atoms in total. The first kappa shape index (κ1) is 14.1. The number of fused-ring (bicyclic) bond motifs is 1. The minimum Gasteiger partial charge on any atom is -0.391 e. The summed E-state index contributed by atoms with van der Waals surface area (Å²) in [5.41, 5.74) is 0.974. The van der Waals surface area contributed by atoms with Crippen LogP contribution in [0.25, 0.3) is 10.2 Å². The Kier molecular flexibility index (Phi) is 7.86. The molecule has 0 aliphatic heterocycles. The summed E-state index contributed by atoms with van der Waals surface area (Å²) >= 11 is 1.58. The third-order valence-corrected chi connectivity index (χ3v) is 2.57.